The van der Waals surface area contributed by atoms with Gasteiger partial charge in [-0.1, -0.05) is 12.1 Å². The lowest BCUT2D eigenvalue weighted by atomic mass is 10.2. The lowest BCUT2D eigenvalue weighted by molar-refractivity contribution is 0.549. The second-order valence-corrected chi connectivity index (χ2v) is 6.40. The minimum atomic E-state index is -0.390. The second-order valence-electron chi connectivity index (χ2n) is 6.40. The molecule has 0 saturated heterocycles. The molecular weight excluding hydrogens is 354 g/mol. The van der Waals surface area contributed by atoms with Gasteiger partial charge in [-0.3, -0.25) is 9.36 Å². The van der Waals surface area contributed by atoms with E-state index in [2.05, 4.69) is 4.98 Å². The van der Waals surface area contributed by atoms with Crippen LogP contribution < -0.4 is 11.2 Å². The van der Waals surface area contributed by atoms with E-state index in [1.807, 2.05) is 22.9 Å². The van der Waals surface area contributed by atoms with Gasteiger partial charge in [0.1, 0.15) is 0 Å². The minimum Gasteiger partial charge on any atom is -0.337 e. The average molecular weight is 371 g/mol. The number of hydrogen-bond donors (Lipinski definition) is 0. The summed E-state index contributed by atoms with van der Waals surface area (Å²) in [6.07, 6.45) is 6.04. The summed E-state index contributed by atoms with van der Waals surface area (Å²) in [7, 11) is 0. The van der Waals surface area contributed by atoms with Gasteiger partial charge in [-0.05, 0) is 42.8 Å². The summed E-state index contributed by atoms with van der Waals surface area (Å²) in [5.74, 6) is 0. The Kier molecular flexibility index (Phi) is 4.60. The molecule has 0 amide bonds. The zero-order valence-electron chi connectivity index (χ0n) is 15.0. The van der Waals surface area contributed by atoms with Gasteiger partial charge in [0.05, 0.1) is 34.6 Å². The fraction of sp³-hybridized carbons (Fsp3) is 0.143. The molecule has 0 fully saturated rings. The summed E-state index contributed by atoms with van der Waals surface area (Å²) in [6, 6.07) is 15.6. The third kappa shape index (κ3) is 3.12. The van der Waals surface area contributed by atoms with Crippen molar-refractivity contribution in [2.45, 2.75) is 19.5 Å². The van der Waals surface area contributed by atoms with Gasteiger partial charge in [0.15, 0.2) is 0 Å². The monoisotopic (exact) mass is 371 g/mol. The maximum atomic E-state index is 13.2. The number of imidazole rings is 1. The van der Waals surface area contributed by atoms with Crippen LogP contribution >= 0.6 is 0 Å². The summed E-state index contributed by atoms with van der Waals surface area (Å²) < 4.78 is 4.75. The molecule has 7 nitrogen and oxygen atoms in total. The molecule has 2 aromatic carbocycles. The van der Waals surface area contributed by atoms with E-state index in [4.69, 9.17) is 5.26 Å². The van der Waals surface area contributed by atoms with Crippen molar-refractivity contribution in [3.05, 3.63) is 93.7 Å². The highest BCUT2D eigenvalue weighted by Crippen LogP contribution is 2.11. The molecule has 7 heteroatoms. The Balaban J connectivity index is 1.82. The molecule has 0 bridgehead atoms. The van der Waals surface area contributed by atoms with Crippen LogP contribution in [0.15, 0.2) is 76.8 Å². The van der Waals surface area contributed by atoms with E-state index in [1.165, 1.54) is 4.57 Å². The van der Waals surface area contributed by atoms with Crippen LogP contribution in [-0.4, -0.2) is 18.7 Å². The first-order valence-electron chi connectivity index (χ1n) is 8.90. The number of nitriles is 1. The van der Waals surface area contributed by atoms with E-state index in [9.17, 15) is 9.59 Å². The Hall–Kier alpha value is -3.92. The molecule has 0 N–H and O–H groups in total. The molecule has 0 saturated carbocycles. The van der Waals surface area contributed by atoms with Crippen molar-refractivity contribution in [3.63, 3.8) is 0 Å². The molecule has 28 heavy (non-hydrogen) atoms. The SMILES string of the molecule is N#Cc1ccc(-n2c(=O)c3ccccc3n(CCCn3ccnc3)c2=O)cc1. The maximum absolute atomic E-state index is 13.2. The van der Waals surface area contributed by atoms with Crippen molar-refractivity contribution < 1.29 is 0 Å². The number of rotatable bonds is 5. The molecule has 0 atom stereocenters. The first-order valence-corrected chi connectivity index (χ1v) is 8.90. The van der Waals surface area contributed by atoms with Crippen molar-refractivity contribution >= 4 is 10.9 Å². The van der Waals surface area contributed by atoms with Gasteiger partial charge in [-0.15, -0.1) is 0 Å². The fourth-order valence-corrected chi connectivity index (χ4v) is 3.28. The van der Waals surface area contributed by atoms with Crippen molar-refractivity contribution in [2.75, 3.05) is 0 Å². The maximum Gasteiger partial charge on any atom is 0.336 e. The smallest absolute Gasteiger partial charge is 0.336 e. The number of hydrogen-bond acceptors (Lipinski definition) is 4. The standard InChI is InChI=1S/C21H17N5O2/c22-14-16-6-8-17(9-7-16)26-20(27)18-4-1-2-5-19(18)25(21(26)28)12-3-11-24-13-10-23-15-24/h1-2,4-10,13,15H,3,11-12H2. The third-order valence-corrected chi connectivity index (χ3v) is 4.66. The molecule has 0 aliphatic carbocycles. The summed E-state index contributed by atoms with van der Waals surface area (Å²) in [4.78, 5) is 30.2. The van der Waals surface area contributed by atoms with E-state index in [0.717, 1.165) is 6.54 Å². The van der Waals surface area contributed by atoms with Crippen molar-refractivity contribution in [1.82, 2.24) is 18.7 Å². The molecule has 0 unspecified atom stereocenters. The van der Waals surface area contributed by atoms with Gasteiger partial charge in [0.25, 0.3) is 5.56 Å². The molecule has 0 aliphatic rings. The van der Waals surface area contributed by atoms with Crippen LogP contribution in [0.5, 0.6) is 0 Å². The fourth-order valence-electron chi connectivity index (χ4n) is 3.28. The second kappa shape index (κ2) is 7.37. The lowest BCUT2D eigenvalue weighted by Gasteiger charge is -2.14. The van der Waals surface area contributed by atoms with Crippen LogP contribution in [0.4, 0.5) is 0 Å². The molecule has 2 heterocycles. The largest absolute Gasteiger partial charge is 0.337 e. The molecular formula is C21H17N5O2. The van der Waals surface area contributed by atoms with Crippen molar-refractivity contribution in [1.29, 1.82) is 5.26 Å². The summed E-state index contributed by atoms with van der Waals surface area (Å²) in [5.41, 5.74) is 0.782. The third-order valence-electron chi connectivity index (χ3n) is 4.66. The Morgan fingerprint density at radius 3 is 2.50 bits per heavy atom. The van der Waals surface area contributed by atoms with Gasteiger partial charge in [0, 0.05) is 25.5 Å². The van der Waals surface area contributed by atoms with Crippen LogP contribution in [0.25, 0.3) is 16.6 Å². The number of para-hydroxylation sites is 1. The quantitative estimate of drug-likeness (QED) is 0.539. The normalized spacial score (nSPS) is 10.8. The van der Waals surface area contributed by atoms with Crippen LogP contribution in [0, 0.1) is 11.3 Å². The van der Waals surface area contributed by atoms with E-state index in [-0.39, 0.29) is 11.2 Å². The number of nitrogens with zero attached hydrogens (tertiary/aromatic N) is 5. The van der Waals surface area contributed by atoms with Crippen molar-refractivity contribution in [2.24, 2.45) is 0 Å². The van der Waals surface area contributed by atoms with Crippen LogP contribution in [0.1, 0.15) is 12.0 Å². The Labute approximate surface area is 160 Å². The number of aryl methyl sites for hydroxylation is 2. The first-order chi connectivity index (χ1) is 13.7. The van der Waals surface area contributed by atoms with E-state index >= 15 is 0 Å². The molecule has 0 radical (unpaired) electrons. The minimum absolute atomic E-state index is 0.365. The van der Waals surface area contributed by atoms with Gasteiger partial charge in [0.2, 0.25) is 0 Å². The first kappa shape index (κ1) is 17.5. The van der Waals surface area contributed by atoms with Crippen LogP contribution in [0.2, 0.25) is 0 Å². The zero-order chi connectivity index (χ0) is 19.5. The Morgan fingerprint density at radius 1 is 1.00 bits per heavy atom. The van der Waals surface area contributed by atoms with Crippen molar-refractivity contribution in [3.8, 4) is 11.8 Å². The van der Waals surface area contributed by atoms with Gasteiger partial charge >= 0.3 is 5.69 Å². The number of benzene rings is 2. The highest BCUT2D eigenvalue weighted by molar-refractivity contribution is 5.78. The van der Waals surface area contributed by atoms with Gasteiger partial charge in [-0.2, -0.15) is 5.26 Å². The predicted octanol–water partition coefficient (Wildman–Crippen LogP) is 2.31. The molecule has 4 aromatic rings. The highest BCUT2D eigenvalue weighted by atomic mass is 16.2. The molecule has 0 aliphatic heterocycles. The van der Waals surface area contributed by atoms with Crippen LogP contribution in [0.3, 0.4) is 0 Å². The molecule has 4 rings (SSSR count). The summed E-state index contributed by atoms with van der Waals surface area (Å²) in [5, 5.41) is 9.46. The summed E-state index contributed by atoms with van der Waals surface area (Å²) in [6.45, 7) is 1.19. The highest BCUT2D eigenvalue weighted by Gasteiger charge is 2.14. The number of fused-ring (bicyclic) bond motifs is 1. The van der Waals surface area contributed by atoms with E-state index < -0.39 is 0 Å². The van der Waals surface area contributed by atoms with E-state index in [1.54, 1.807) is 59.6 Å². The number of aromatic nitrogens is 4. The van der Waals surface area contributed by atoms with Gasteiger partial charge in [-0.25, -0.2) is 14.3 Å². The molecule has 2 aromatic heterocycles. The average Bonchev–Trinajstić information content (AvgIpc) is 3.24. The Morgan fingerprint density at radius 2 is 1.79 bits per heavy atom. The topological polar surface area (TPSA) is 85.6 Å². The van der Waals surface area contributed by atoms with E-state index in [0.29, 0.717) is 35.1 Å². The Bertz CT molecular complexity index is 1280. The predicted molar refractivity (Wildman–Crippen MR) is 105 cm³/mol. The zero-order valence-corrected chi connectivity index (χ0v) is 15.0. The van der Waals surface area contributed by atoms with Crippen LogP contribution in [-0.2, 0) is 13.1 Å². The molecule has 0 spiro atoms. The lowest BCUT2D eigenvalue weighted by Crippen LogP contribution is -2.39. The summed E-state index contributed by atoms with van der Waals surface area (Å²) >= 11 is 0. The van der Waals surface area contributed by atoms with Gasteiger partial charge < -0.3 is 4.57 Å². The molecule has 138 valence electrons.